The first kappa shape index (κ1) is 12.5. The summed E-state index contributed by atoms with van der Waals surface area (Å²) >= 11 is 0. The van der Waals surface area contributed by atoms with Crippen LogP contribution in [0.5, 0.6) is 0 Å². The largest absolute Gasteiger partial charge is 0.466 e. The Bertz CT molecular complexity index is 289. The third-order valence-corrected chi connectivity index (χ3v) is 2.69. The highest BCUT2D eigenvalue weighted by Gasteiger charge is 2.23. The van der Waals surface area contributed by atoms with Gasteiger partial charge in [0, 0.05) is 32.4 Å². The molecule has 1 rings (SSSR count). The fraction of sp³-hybridized carbons (Fsp3) is 0.636. The Labute approximate surface area is 95.4 Å². The number of hydrogen-bond donors (Lipinski definition) is 1. The molecule has 1 amide bonds. The Morgan fingerprint density at radius 3 is 2.88 bits per heavy atom. The Morgan fingerprint density at radius 2 is 2.25 bits per heavy atom. The van der Waals surface area contributed by atoms with Gasteiger partial charge in [0.1, 0.15) is 0 Å². The number of rotatable bonds is 3. The lowest BCUT2D eigenvalue weighted by atomic mass is 9.97. The number of piperidine rings is 1. The van der Waals surface area contributed by atoms with Crippen LogP contribution in [0.4, 0.5) is 0 Å². The maximum Gasteiger partial charge on any atom is 0.331 e. The van der Waals surface area contributed by atoms with Gasteiger partial charge in [-0.3, -0.25) is 4.79 Å². The zero-order valence-electron chi connectivity index (χ0n) is 9.73. The Hall–Kier alpha value is -1.52. The number of amides is 1. The monoisotopic (exact) mass is 226 g/mol. The number of hydrogen-bond acceptors (Lipinski definition) is 4. The molecule has 1 fully saturated rings. The fourth-order valence-electron chi connectivity index (χ4n) is 1.79. The SMILES string of the molecule is CNC(=O)C1CCCN(/C=C/C(=O)OC)C1. The van der Waals surface area contributed by atoms with Crippen molar-refractivity contribution in [1.82, 2.24) is 10.2 Å². The van der Waals surface area contributed by atoms with Gasteiger partial charge in [-0.1, -0.05) is 0 Å². The molecular weight excluding hydrogens is 208 g/mol. The summed E-state index contributed by atoms with van der Waals surface area (Å²) in [7, 11) is 2.99. The van der Waals surface area contributed by atoms with E-state index in [1.165, 1.54) is 13.2 Å². The molecule has 1 heterocycles. The molecule has 1 N–H and O–H groups in total. The van der Waals surface area contributed by atoms with Crippen molar-refractivity contribution in [3.63, 3.8) is 0 Å². The summed E-state index contributed by atoms with van der Waals surface area (Å²) < 4.78 is 4.51. The molecule has 0 saturated carbocycles. The minimum Gasteiger partial charge on any atom is -0.466 e. The van der Waals surface area contributed by atoms with Gasteiger partial charge in [-0.2, -0.15) is 0 Å². The van der Waals surface area contributed by atoms with Crippen molar-refractivity contribution in [2.45, 2.75) is 12.8 Å². The number of carbonyl (C=O) groups is 2. The summed E-state index contributed by atoms with van der Waals surface area (Å²) in [6, 6.07) is 0. The van der Waals surface area contributed by atoms with Gasteiger partial charge in [0.25, 0.3) is 0 Å². The lowest BCUT2D eigenvalue weighted by Crippen LogP contribution is -2.39. The number of methoxy groups -OCH3 is 1. The third-order valence-electron chi connectivity index (χ3n) is 2.69. The van der Waals surface area contributed by atoms with Crippen LogP contribution >= 0.6 is 0 Å². The van der Waals surface area contributed by atoms with Crippen LogP contribution in [0, 0.1) is 5.92 Å². The fourth-order valence-corrected chi connectivity index (χ4v) is 1.79. The van der Waals surface area contributed by atoms with Gasteiger partial charge < -0.3 is 15.0 Å². The van der Waals surface area contributed by atoms with E-state index in [4.69, 9.17) is 0 Å². The van der Waals surface area contributed by atoms with Gasteiger partial charge in [0.15, 0.2) is 0 Å². The predicted molar refractivity (Wildman–Crippen MR) is 59.5 cm³/mol. The normalized spacial score (nSPS) is 20.9. The average Bonchev–Trinajstić information content (AvgIpc) is 2.35. The summed E-state index contributed by atoms with van der Waals surface area (Å²) in [6.45, 7) is 1.54. The molecule has 1 aliphatic heterocycles. The van der Waals surface area contributed by atoms with E-state index in [0.717, 1.165) is 19.4 Å². The highest BCUT2D eigenvalue weighted by Crippen LogP contribution is 2.16. The van der Waals surface area contributed by atoms with E-state index < -0.39 is 0 Å². The minimum atomic E-state index is -0.373. The molecular formula is C11H18N2O3. The van der Waals surface area contributed by atoms with Crippen LogP contribution in [0.15, 0.2) is 12.3 Å². The van der Waals surface area contributed by atoms with Crippen molar-refractivity contribution < 1.29 is 14.3 Å². The Balaban J connectivity index is 2.47. The first-order valence-corrected chi connectivity index (χ1v) is 5.39. The van der Waals surface area contributed by atoms with Crippen LogP contribution in [0.1, 0.15) is 12.8 Å². The van der Waals surface area contributed by atoms with E-state index in [9.17, 15) is 9.59 Å². The summed E-state index contributed by atoms with van der Waals surface area (Å²) in [5, 5.41) is 2.65. The maximum atomic E-state index is 11.5. The Morgan fingerprint density at radius 1 is 1.50 bits per heavy atom. The minimum absolute atomic E-state index is 0.0149. The number of esters is 1. The van der Waals surface area contributed by atoms with Gasteiger partial charge in [-0.25, -0.2) is 4.79 Å². The molecule has 90 valence electrons. The van der Waals surface area contributed by atoms with E-state index in [1.54, 1.807) is 13.2 Å². The zero-order valence-corrected chi connectivity index (χ0v) is 9.73. The van der Waals surface area contributed by atoms with Crippen LogP contribution in [0.25, 0.3) is 0 Å². The molecule has 1 aliphatic rings. The van der Waals surface area contributed by atoms with Gasteiger partial charge in [0.05, 0.1) is 13.0 Å². The van der Waals surface area contributed by atoms with Crippen LogP contribution in [-0.4, -0.2) is 44.0 Å². The third kappa shape index (κ3) is 3.56. The van der Waals surface area contributed by atoms with Crippen molar-refractivity contribution >= 4 is 11.9 Å². The quantitative estimate of drug-likeness (QED) is 0.549. The molecule has 16 heavy (non-hydrogen) atoms. The van der Waals surface area contributed by atoms with Crippen molar-refractivity contribution in [1.29, 1.82) is 0 Å². The molecule has 1 unspecified atom stereocenters. The van der Waals surface area contributed by atoms with Crippen molar-refractivity contribution in [3.05, 3.63) is 12.3 Å². The highest BCUT2D eigenvalue weighted by molar-refractivity contribution is 5.81. The van der Waals surface area contributed by atoms with Gasteiger partial charge >= 0.3 is 5.97 Å². The molecule has 0 aromatic heterocycles. The van der Waals surface area contributed by atoms with Crippen LogP contribution in [0.3, 0.4) is 0 Å². The first-order chi connectivity index (χ1) is 7.67. The second kappa shape index (κ2) is 6.15. The first-order valence-electron chi connectivity index (χ1n) is 5.39. The zero-order chi connectivity index (χ0) is 12.0. The summed E-state index contributed by atoms with van der Waals surface area (Å²) in [5.74, 6) is -0.292. The number of likely N-dealkylation sites (tertiary alicyclic amines) is 1. The van der Waals surface area contributed by atoms with E-state index in [2.05, 4.69) is 10.1 Å². The number of nitrogens with one attached hydrogen (secondary N) is 1. The summed E-state index contributed by atoms with van der Waals surface area (Å²) in [5.41, 5.74) is 0. The summed E-state index contributed by atoms with van der Waals surface area (Å²) in [6.07, 6.45) is 4.94. The van der Waals surface area contributed by atoms with E-state index in [1.807, 2.05) is 4.90 Å². The van der Waals surface area contributed by atoms with E-state index in [0.29, 0.717) is 6.54 Å². The lowest BCUT2D eigenvalue weighted by molar-refractivity contribution is -0.134. The topological polar surface area (TPSA) is 58.6 Å². The van der Waals surface area contributed by atoms with Crippen molar-refractivity contribution in [3.8, 4) is 0 Å². The number of ether oxygens (including phenoxy) is 1. The van der Waals surface area contributed by atoms with Gasteiger partial charge in [-0.05, 0) is 12.8 Å². The van der Waals surface area contributed by atoms with E-state index in [-0.39, 0.29) is 17.8 Å². The molecule has 5 nitrogen and oxygen atoms in total. The lowest BCUT2D eigenvalue weighted by Gasteiger charge is -2.30. The standard InChI is InChI=1S/C11H18N2O3/c1-12-11(15)9-4-3-6-13(8-9)7-5-10(14)16-2/h5,7,9H,3-4,6,8H2,1-2H3,(H,12,15)/b7-5+. The molecule has 1 saturated heterocycles. The second-order valence-corrected chi connectivity index (χ2v) is 3.79. The Kier molecular flexibility index (Phi) is 4.82. The highest BCUT2D eigenvalue weighted by atomic mass is 16.5. The van der Waals surface area contributed by atoms with Crippen LogP contribution < -0.4 is 5.32 Å². The van der Waals surface area contributed by atoms with Crippen molar-refractivity contribution in [2.75, 3.05) is 27.2 Å². The van der Waals surface area contributed by atoms with Gasteiger partial charge in [0.2, 0.25) is 5.91 Å². The summed E-state index contributed by atoms with van der Waals surface area (Å²) in [4.78, 5) is 24.3. The molecule has 0 aromatic carbocycles. The van der Waals surface area contributed by atoms with Crippen LogP contribution in [0.2, 0.25) is 0 Å². The average molecular weight is 226 g/mol. The smallest absolute Gasteiger partial charge is 0.331 e. The molecule has 0 aromatic rings. The molecule has 0 radical (unpaired) electrons. The number of nitrogens with zero attached hydrogens (tertiary/aromatic N) is 1. The second-order valence-electron chi connectivity index (χ2n) is 3.79. The van der Waals surface area contributed by atoms with Crippen molar-refractivity contribution in [2.24, 2.45) is 5.92 Å². The maximum absolute atomic E-state index is 11.5. The predicted octanol–water partition coefficient (Wildman–Crippen LogP) is 0.131. The molecule has 0 aliphatic carbocycles. The van der Waals surface area contributed by atoms with Crippen LogP contribution in [-0.2, 0) is 14.3 Å². The number of carbonyl (C=O) groups excluding carboxylic acids is 2. The molecule has 1 atom stereocenters. The van der Waals surface area contributed by atoms with E-state index >= 15 is 0 Å². The molecule has 0 bridgehead atoms. The molecule has 5 heteroatoms. The van der Waals surface area contributed by atoms with Gasteiger partial charge in [-0.15, -0.1) is 0 Å². The molecule has 0 spiro atoms.